The van der Waals surface area contributed by atoms with E-state index >= 15 is 0 Å². The Kier molecular flexibility index (Phi) is 5.17. The van der Waals surface area contributed by atoms with Gasteiger partial charge in [-0.05, 0) is 40.5 Å². The monoisotopic (exact) mass is 271 g/mol. The number of nitrogens with zero attached hydrogens (tertiary/aromatic N) is 1. The molecule has 1 rings (SSSR count). The summed E-state index contributed by atoms with van der Waals surface area (Å²) in [6.07, 6.45) is 1.49. The first-order chi connectivity index (χ1) is 8.70. The van der Waals surface area contributed by atoms with Crippen molar-refractivity contribution in [2.45, 2.75) is 58.2 Å². The van der Waals surface area contributed by atoms with Gasteiger partial charge in [0.25, 0.3) is 0 Å². The van der Waals surface area contributed by atoms with Crippen LogP contribution in [-0.2, 0) is 9.53 Å². The summed E-state index contributed by atoms with van der Waals surface area (Å²) in [5.41, 5.74) is 4.98. The molecule has 110 valence electrons. The first-order valence-corrected chi connectivity index (χ1v) is 6.73. The lowest BCUT2D eigenvalue weighted by molar-refractivity contribution is -0.122. The minimum absolute atomic E-state index is 0.00227. The molecule has 2 amide bonds. The van der Waals surface area contributed by atoms with Crippen LogP contribution in [0.1, 0.15) is 40.5 Å². The van der Waals surface area contributed by atoms with Crippen LogP contribution in [0.25, 0.3) is 0 Å². The van der Waals surface area contributed by atoms with Crippen LogP contribution in [0.4, 0.5) is 4.79 Å². The topological polar surface area (TPSA) is 84.7 Å². The zero-order valence-electron chi connectivity index (χ0n) is 12.2. The third-order valence-corrected chi connectivity index (χ3v) is 2.93. The molecule has 1 saturated heterocycles. The van der Waals surface area contributed by atoms with Gasteiger partial charge in [0.15, 0.2) is 0 Å². The summed E-state index contributed by atoms with van der Waals surface area (Å²) in [5.74, 6) is -0.198. The highest BCUT2D eigenvalue weighted by Gasteiger charge is 2.32. The third kappa shape index (κ3) is 5.06. The number of rotatable bonds is 3. The van der Waals surface area contributed by atoms with Gasteiger partial charge in [-0.25, -0.2) is 4.79 Å². The highest BCUT2D eigenvalue weighted by molar-refractivity contribution is 5.81. The molecular weight excluding hydrogens is 246 g/mol. The number of hydrogen-bond acceptors (Lipinski definition) is 4. The molecule has 2 atom stereocenters. The SMILES string of the molecule is C[C@H](N)C(=O)NC[C@@H]1CCCN1C(=O)OC(C)(C)C. The standard InChI is InChI=1S/C13H25N3O3/c1-9(14)11(17)15-8-10-6-5-7-16(10)12(18)19-13(2,3)4/h9-10H,5-8,14H2,1-4H3,(H,15,17)/t9-,10-/m0/s1. The van der Waals surface area contributed by atoms with E-state index in [1.54, 1.807) is 11.8 Å². The predicted octanol–water partition coefficient (Wildman–Crippen LogP) is 0.849. The third-order valence-electron chi connectivity index (χ3n) is 2.93. The maximum absolute atomic E-state index is 12.0. The van der Waals surface area contributed by atoms with Crippen molar-refractivity contribution in [3.8, 4) is 0 Å². The summed E-state index contributed by atoms with van der Waals surface area (Å²) in [5, 5.41) is 2.76. The van der Waals surface area contributed by atoms with Crippen LogP contribution in [-0.4, -0.2) is 47.7 Å². The zero-order valence-corrected chi connectivity index (χ0v) is 12.2. The van der Waals surface area contributed by atoms with Gasteiger partial charge in [-0.1, -0.05) is 0 Å². The average Bonchev–Trinajstić information content (AvgIpc) is 2.71. The zero-order chi connectivity index (χ0) is 14.6. The fraction of sp³-hybridized carbons (Fsp3) is 0.846. The molecule has 19 heavy (non-hydrogen) atoms. The summed E-state index contributed by atoms with van der Waals surface area (Å²) < 4.78 is 5.36. The molecule has 6 nitrogen and oxygen atoms in total. The summed E-state index contributed by atoms with van der Waals surface area (Å²) >= 11 is 0. The Labute approximate surface area is 114 Å². The largest absolute Gasteiger partial charge is 0.444 e. The normalized spacial score (nSPS) is 21.1. The number of likely N-dealkylation sites (tertiary alicyclic amines) is 1. The van der Waals surface area contributed by atoms with E-state index in [9.17, 15) is 9.59 Å². The van der Waals surface area contributed by atoms with Crippen molar-refractivity contribution in [2.24, 2.45) is 5.73 Å². The molecule has 0 aliphatic carbocycles. The summed E-state index contributed by atoms with van der Waals surface area (Å²) in [7, 11) is 0. The van der Waals surface area contributed by atoms with Crippen LogP contribution in [0.3, 0.4) is 0 Å². The smallest absolute Gasteiger partial charge is 0.410 e. The second-order valence-corrected chi connectivity index (χ2v) is 6.00. The molecule has 3 N–H and O–H groups in total. The summed E-state index contributed by atoms with van der Waals surface area (Å²) in [6, 6.07) is -0.533. The Bertz CT molecular complexity index is 337. The molecule has 0 radical (unpaired) electrons. The first kappa shape index (κ1) is 15.8. The Morgan fingerprint density at radius 1 is 1.47 bits per heavy atom. The van der Waals surface area contributed by atoms with Crippen LogP contribution in [0.2, 0.25) is 0 Å². The lowest BCUT2D eigenvalue weighted by Gasteiger charge is -2.28. The summed E-state index contributed by atoms with van der Waals surface area (Å²) in [4.78, 5) is 25.1. The van der Waals surface area contributed by atoms with Crippen molar-refractivity contribution in [1.82, 2.24) is 10.2 Å². The molecule has 1 heterocycles. The van der Waals surface area contributed by atoms with Gasteiger partial charge in [0.05, 0.1) is 12.1 Å². The lowest BCUT2D eigenvalue weighted by atomic mass is 10.2. The minimum atomic E-state index is -0.531. The molecule has 0 aromatic heterocycles. The van der Waals surface area contributed by atoms with Gasteiger partial charge in [0, 0.05) is 13.1 Å². The van der Waals surface area contributed by atoms with E-state index in [0.29, 0.717) is 13.1 Å². The lowest BCUT2D eigenvalue weighted by Crippen LogP contribution is -2.47. The minimum Gasteiger partial charge on any atom is -0.444 e. The molecule has 0 aromatic carbocycles. The van der Waals surface area contributed by atoms with Crippen molar-refractivity contribution in [3.63, 3.8) is 0 Å². The predicted molar refractivity (Wildman–Crippen MR) is 72.6 cm³/mol. The summed E-state index contributed by atoms with van der Waals surface area (Å²) in [6.45, 7) is 8.26. The molecule has 0 bridgehead atoms. The Morgan fingerprint density at radius 2 is 2.11 bits per heavy atom. The van der Waals surface area contributed by atoms with E-state index in [1.165, 1.54) is 0 Å². The van der Waals surface area contributed by atoms with Crippen molar-refractivity contribution in [1.29, 1.82) is 0 Å². The van der Waals surface area contributed by atoms with Crippen LogP contribution >= 0.6 is 0 Å². The number of hydrogen-bond donors (Lipinski definition) is 2. The van der Waals surface area contributed by atoms with Gasteiger partial charge < -0.3 is 20.7 Å². The molecular formula is C13H25N3O3. The first-order valence-electron chi connectivity index (χ1n) is 6.73. The quantitative estimate of drug-likeness (QED) is 0.797. The van der Waals surface area contributed by atoms with E-state index in [2.05, 4.69) is 5.32 Å². The molecule has 0 spiro atoms. The second kappa shape index (κ2) is 6.23. The van der Waals surface area contributed by atoms with Gasteiger partial charge in [0.2, 0.25) is 5.91 Å². The number of nitrogens with one attached hydrogen (secondary N) is 1. The van der Waals surface area contributed by atoms with Gasteiger partial charge in [0.1, 0.15) is 5.60 Å². The fourth-order valence-corrected chi connectivity index (χ4v) is 1.99. The van der Waals surface area contributed by atoms with Gasteiger partial charge in [-0.2, -0.15) is 0 Å². The van der Waals surface area contributed by atoms with Crippen LogP contribution in [0.15, 0.2) is 0 Å². The van der Waals surface area contributed by atoms with Crippen molar-refractivity contribution >= 4 is 12.0 Å². The molecule has 6 heteroatoms. The maximum atomic E-state index is 12.0. The van der Waals surface area contributed by atoms with E-state index in [4.69, 9.17) is 10.5 Å². The van der Waals surface area contributed by atoms with Crippen LogP contribution in [0.5, 0.6) is 0 Å². The molecule has 0 aromatic rings. The molecule has 1 fully saturated rings. The Balaban J connectivity index is 2.50. The molecule has 0 unspecified atom stereocenters. The number of carbonyl (C=O) groups excluding carboxylic acids is 2. The number of ether oxygens (including phenoxy) is 1. The number of nitrogens with two attached hydrogens (primary N) is 1. The number of amides is 2. The second-order valence-electron chi connectivity index (χ2n) is 6.00. The van der Waals surface area contributed by atoms with Gasteiger partial charge in [-0.3, -0.25) is 4.79 Å². The Hall–Kier alpha value is -1.30. The fourth-order valence-electron chi connectivity index (χ4n) is 1.99. The van der Waals surface area contributed by atoms with Crippen molar-refractivity contribution in [3.05, 3.63) is 0 Å². The number of carbonyl (C=O) groups is 2. The Morgan fingerprint density at radius 3 is 2.63 bits per heavy atom. The highest BCUT2D eigenvalue weighted by atomic mass is 16.6. The van der Waals surface area contributed by atoms with E-state index in [0.717, 1.165) is 12.8 Å². The van der Waals surface area contributed by atoms with E-state index in [-0.39, 0.29) is 18.0 Å². The van der Waals surface area contributed by atoms with Gasteiger partial charge >= 0.3 is 6.09 Å². The average molecular weight is 271 g/mol. The van der Waals surface area contributed by atoms with Crippen molar-refractivity contribution in [2.75, 3.05) is 13.1 Å². The molecule has 1 aliphatic rings. The van der Waals surface area contributed by atoms with Crippen LogP contribution in [0, 0.1) is 0 Å². The molecule has 1 aliphatic heterocycles. The van der Waals surface area contributed by atoms with E-state index < -0.39 is 11.6 Å². The van der Waals surface area contributed by atoms with E-state index in [1.807, 2.05) is 20.8 Å². The van der Waals surface area contributed by atoms with Crippen LogP contribution < -0.4 is 11.1 Å². The van der Waals surface area contributed by atoms with Gasteiger partial charge in [-0.15, -0.1) is 0 Å². The van der Waals surface area contributed by atoms with Crippen molar-refractivity contribution < 1.29 is 14.3 Å². The highest BCUT2D eigenvalue weighted by Crippen LogP contribution is 2.20. The molecule has 0 saturated carbocycles. The maximum Gasteiger partial charge on any atom is 0.410 e.